The number of benzene rings is 1. The molecule has 2 aliphatic carbocycles. The molecule has 16 heavy (non-hydrogen) atoms. The van der Waals surface area contributed by atoms with E-state index in [1.165, 1.54) is 17.5 Å². The van der Waals surface area contributed by atoms with Gasteiger partial charge in [0.2, 0.25) is 0 Å². The number of hydrogen-bond donors (Lipinski definition) is 0. The van der Waals surface area contributed by atoms with E-state index in [0.717, 1.165) is 18.3 Å². The lowest BCUT2D eigenvalue weighted by atomic mass is 9.94. The van der Waals surface area contributed by atoms with Gasteiger partial charge in [0, 0.05) is 0 Å². The molecule has 0 N–H and O–H groups in total. The van der Waals surface area contributed by atoms with Gasteiger partial charge in [-0.25, -0.2) is 0 Å². The standard InChI is InChI=1S/C16H18/c1-11-3-6-13(7-4-11)9-14-8-5-12(2)15-10-16(14)15/h3-8,15-16H,9-10H2,1-2H3. The number of fused-ring (bicyclic) bond motifs is 1. The molecule has 0 bridgehead atoms. The molecule has 2 unspecified atom stereocenters. The van der Waals surface area contributed by atoms with Crippen LogP contribution in [0.2, 0.25) is 0 Å². The van der Waals surface area contributed by atoms with Crippen molar-refractivity contribution in [1.29, 1.82) is 0 Å². The van der Waals surface area contributed by atoms with E-state index in [-0.39, 0.29) is 0 Å². The van der Waals surface area contributed by atoms with E-state index in [2.05, 4.69) is 50.3 Å². The molecule has 3 rings (SSSR count). The maximum absolute atomic E-state index is 2.35. The van der Waals surface area contributed by atoms with E-state index >= 15 is 0 Å². The Balaban J connectivity index is 1.78. The van der Waals surface area contributed by atoms with E-state index in [1.54, 1.807) is 11.1 Å². The van der Waals surface area contributed by atoms with Crippen LogP contribution in [0.1, 0.15) is 24.5 Å². The van der Waals surface area contributed by atoms with Crippen molar-refractivity contribution >= 4 is 0 Å². The molecular weight excluding hydrogens is 192 g/mol. The van der Waals surface area contributed by atoms with E-state index < -0.39 is 0 Å². The summed E-state index contributed by atoms with van der Waals surface area (Å²) in [5, 5.41) is 0. The number of allylic oxidation sites excluding steroid dienone is 4. The molecule has 0 spiro atoms. The first-order valence-electron chi connectivity index (χ1n) is 6.17. The molecule has 0 aliphatic heterocycles. The zero-order chi connectivity index (χ0) is 11.1. The zero-order valence-corrected chi connectivity index (χ0v) is 10.0. The lowest BCUT2D eigenvalue weighted by Gasteiger charge is -2.11. The third-order valence-electron chi connectivity index (χ3n) is 3.94. The highest BCUT2D eigenvalue weighted by Crippen LogP contribution is 2.51. The fraction of sp³-hybridized carbons (Fsp3) is 0.375. The van der Waals surface area contributed by atoms with Crippen LogP contribution in [-0.4, -0.2) is 0 Å². The summed E-state index contributed by atoms with van der Waals surface area (Å²) >= 11 is 0. The van der Waals surface area contributed by atoms with Crippen molar-refractivity contribution in [3.05, 3.63) is 58.7 Å². The molecular formula is C16H18. The lowest BCUT2D eigenvalue weighted by Crippen LogP contribution is -1.99. The molecule has 1 aromatic rings. The fourth-order valence-corrected chi connectivity index (χ4v) is 2.73. The normalized spacial score (nSPS) is 26.9. The molecule has 0 aromatic heterocycles. The Morgan fingerprint density at radius 2 is 1.75 bits per heavy atom. The Kier molecular flexibility index (Phi) is 2.24. The van der Waals surface area contributed by atoms with Gasteiger partial charge in [0.1, 0.15) is 0 Å². The van der Waals surface area contributed by atoms with E-state index in [1.807, 2.05) is 0 Å². The van der Waals surface area contributed by atoms with E-state index in [0.29, 0.717) is 0 Å². The molecule has 2 atom stereocenters. The maximum atomic E-state index is 2.35. The van der Waals surface area contributed by atoms with Crippen LogP contribution < -0.4 is 0 Å². The highest BCUT2D eigenvalue weighted by Gasteiger charge is 2.41. The summed E-state index contributed by atoms with van der Waals surface area (Å²) in [6.45, 7) is 4.41. The average Bonchev–Trinajstić information content (AvgIpc) is 3.06. The first-order valence-corrected chi connectivity index (χ1v) is 6.17. The van der Waals surface area contributed by atoms with Crippen molar-refractivity contribution < 1.29 is 0 Å². The van der Waals surface area contributed by atoms with Crippen molar-refractivity contribution in [3.8, 4) is 0 Å². The predicted octanol–water partition coefficient (Wildman–Crippen LogP) is 4.06. The third kappa shape index (κ3) is 1.73. The Morgan fingerprint density at radius 3 is 2.50 bits per heavy atom. The first kappa shape index (κ1) is 9.89. The molecule has 82 valence electrons. The molecule has 1 aromatic carbocycles. The van der Waals surface area contributed by atoms with Crippen LogP contribution in [0.15, 0.2) is 47.6 Å². The fourth-order valence-electron chi connectivity index (χ4n) is 2.73. The third-order valence-corrected chi connectivity index (χ3v) is 3.94. The molecule has 1 saturated carbocycles. The number of hydrogen-bond acceptors (Lipinski definition) is 0. The molecule has 0 radical (unpaired) electrons. The summed E-state index contributed by atoms with van der Waals surface area (Å²) < 4.78 is 0. The van der Waals surface area contributed by atoms with Gasteiger partial charge in [0.25, 0.3) is 0 Å². The minimum Gasteiger partial charge on any atom is -0.0696 e. The van der Waals surface area contributed by atoms with Gasteiger partial charge in [0.15, 0.2) is 0 Å². The average molecular weight is 210 g/mol. The van der Waals surface area contributed by atoms with Crippen molar-refractivity contribution in [2.45, 2.75) is 26.7 Å². The molecule has 0 heteroatoms. The van der Waals surface area contributed by atoms with Crippen LogP contribution in [-0.2, 0) is 6.42 Å². The largest absolute Gasteiger partial charge is 0.0696 e. The molecule has 0 heterocycles. The topological polar surface area (TPSA) is 0 Å². The van der Waals surface area contributed by atoms with E-state index in [4.69, 9.17) is 0 Å². The highest BCUT2D eigenvalue weighted by atomic mass is 14.5. The summed E-state index contributed by atoms with van der Waals surface area (Å²) in [7, 11) is 0. The molecule has 0 nitrogen and oxygen atoms in total. The van der Waals surface area contributed by atoms with Crippen LogP contribution in [0.5, 0.6) is 0 Å². The lowest BCUT2D eigenvalue weighted by molar-refractivity contribution is 0.828. The van der Waals surface area contributed by atoms with Gasteiger partial charge in [-0.05, 0) is 44.1 Å². The summed E-state index contributed by atoms with van der Waals surface area (Å²) in [4.78, 5) is 0. The SMILES string of the molecule is CC1=CC=C(Cc2ccc(C)cc2)C2CC12. The second-order valence-electron chi connectivity index (χ2n) is 5.26. The van der Waals surface area contributed by atoms with Crippen LogP contribution in [0.4, 0.5) is 0 Å². The van der Waals surface area contributed by atoms with Gasteiger partial charge in [-0.2, -0.15) is 0 Å². The predicted molar refractivity (Wildman–Crippen MR) is 68.3 cm³/mol. The Morgan fingerprint density at radius 1 is 1.00 bits per heavy atom. The first-order chi connectivity index (χ1) is 7.74. The van der Waals surface area contributed by atoms with Crippen LogP contribution >= 0.6 is 0 Å². The Labute approximate surface area is 97.7 Å². The van der Waals surface area contributed by atoms with Gasteiger partial charge in [-0.15, -0.1) is 0 Å². The molecule has 1 fully saturated rings. The van der Waals surface area contributed by atoms with Crippen LogP contribution in [0.25, 0.3) is 0 Å². The summed E-state index contributed by atoms with van der Waals surface area (Å²) in [6.07, 6.45) is 7.20. The summed E-state index contributed by atoms with van der Waals surface area (Å²) in [5.41, 5.74) is 6.02. The summed E-state index contributed by atoms with van der Waals surface area (Å²) in [5.74, 6) is 1.75. The van der Waals surface area contributed by atoms with E-state index in [9.17, 15) is 0 Å². The number of aryl methyl sites for hydroxylation is 1. The molecule has 0 saturated heterocycles. The summed E-state index contributed by atoms with van der Waals surface area (Å²) in [6, 6.07) is 8.95. The quantitative estimate of drug-likeness (QED) is 0.690. The van der Waals surface area contributed by atoms with Gasteiger partial charge in [-0.1, -0.05) is 53.1 Å². The van der Waals surface area contributed by atoms with Gasteiger partial charge < -0.3 is 0 Å². The Bertz CT molecular complexity index is 459. The minimum atomic E-state index is 0.867. The zero-order valence-electron chi connectivity index (χ0n) is 10.0. The van der Waals surface area contributed by atoms with Crippen molar-refractivity contribution in [2.24, 2.45) is 11.8 Å². The molecule has 0 amide bonds. The van der Waals surface area contributed by atoms with Gasteiger partial charge in [-0.3, -0.25) is 0 Å². The monoisotopic (exact) mass is 210 g/mol. The smallest absolute Gasteiger partial charge is 0.00610 e. The van der Waals surface area contributed by atoms with Gasteiger partial charge >= 0.3 is 0 Å². The number of rotatable bonds is 2. The minimum absolute atomic E-state index is 0.867. The van der Waals surface area contributed by atoms with Crippen LogP contribution in [0.3, 0.4) is 0 Å². The van der Waals surface area contributed by atoms with Crippen molar-refractivity contribution in [2.75, 3.05) is 0 Å². The van der Waals surface area contributed by atoms with Crippen molar-refractivity contribution in [1.82, 2.24) is 0 Å². The Hall–Kier alpha value is -1.30. The molecule has 2 aliphatic rings. The highest BCUT2D eigenvalue weighted by molar-refractivity contribution is 5.38. The second-order valence-corrected chi connectivity index (χ2v) is 5.26. The van der Waals surface area contributed by atoms with Crippen LogP contribution in [0, 0.1) is 18.8 Å². The van der Waals surface area contributed by atoms with Gasteiger partial charge in [0.05, 0.1) is 0 Å². The maximum Gasteiger partial charge on any atom is -0.00610 e. The second kappa shape index (κ2) is 3.62. The van der Waals surface area contributed by atoms with Crippen molar-refractivity contribution in [3.63, 3.8) is 0 Å².